The minimum atomic E-state index is -3.12. The standard InChI is InChI=1S/C11H13FN2O2S2/c1-7(6-18(2,15)16)14-10-5-8(12)3-4-9(10)13-11(14)17/h3-5,7H,6H2,1-2H3,(H,13,17). The van der Waals surface area contributed by atoms with Crippen molar-refractivity contribution in [3.05, 3.63) is 28.8 Å². The lowest BCUT2D eigenvalue weighted by Crippen LogP contribution is -2.16. The van der Waals surface area contributed by atoms with Gasteiger partial charge in [-0.2, -0.15) is 0 Å². The molecule has 2 aromatic rings. The molecule has 1 heterocycles. The fourth-order valence-corrected chi connectivity index (χ4v) is 3.46. The van der Waals surface area contributed by atoms with Crippen molar-refractivity contribution in [2.75, 3.05) is 12.0 Å². The summed E-state index contributed by atoms with van der Waals surface area (Å²) in [6, 6.07) is 3.92. The van der Waals surface area contributed by atoms with Gasteiger partial charge in [-0.25, -0.2) is 12.8 Å². The number of imidazole rings is 1. The molecule has 0 bridgehead atoms. The van der Waals surface area contributed by atoms with Gasteiger partial charge in [0.05, 0.1) is 16.8 Å². The third-order valence-corrected chi connectivity index (χ3v) is 4.05. The molecule has 0 spiro atoms. The van der Waals surface area contributed by atoms with Gasteiger partial charge in [0.15, 0.2) is 4.77 Å². The molecule has 0 aliphatic carbocycles. The van der Waals surface area contributed by atoms with Gasteiger partial charge in [-0.15, -0.1) is 0 Å². The molecule has 0 amide bonds. The lowest BCUT2D eigenvalue weighted by molar-refractivity contribution is 0.565. The van der Waals surface area contributed by atoms with Crippen LogP contribution < -0.4 is 0 Å². The Morgan fingerprint density at radius 1 is 1.50 bits per heavy atom. The number of fused-ring (bicyclic) bond motifs is 1. The maximum Gasteiger partial charge on any atom is 0.178 e. The largest absolute Gasteiger partial charge is 0.331 e. The summed E-state index contributed by atoms with van der Waals surface area (Å²) in [5, 5.41) is 0. The van der Waals surface area contributed by atoms with Crippen LogP contribution in [0.4, 0.5) is 4.39 Å². The summed E-state index contributed by atoms with van der Waals surface area (Å²) >= 11 is 5.15. The number of halogens is 1. The van der Waals surface area contributed by atoms with E-state index in [2.05, 4.69) is 4.98 Å². The summed E-state index contributed by atoms with van der Waals surface area (Å²) in [7, 11) is -3.12. The molecule has 0 saturated heterocycles. The number of H-pyrrole nitrogens is 1. The number of nitrogens with zero attached hydrogens (tertiary/aromatic N) is 1. The highest BCUT2D eigenvalue weighted by molar-refractivity contribution is 7.90. The molecule has 1 aromatic heterocycles. The van der Waals surface area contributed by atoms with E-state index in [1.807, 2.05) is 0 Å². The Balaban J connectivity index is 2.59. The van der Waals surface area contributed by atoms with Crippen LogP contribution in [0.15, 0.2) is 18.2 Å². The predicted octanol–water partition coefficient (Wildman–Crippen LogP) is 2.44. The molecule has 0 radical (unpaired) electrons. The SMILES string of the molecule is CC(CS(C)(=O)=O)n1c(=S)[nH]c2ccc(F)cc21. The van der Waals surface area contributed by atoms with Crippen LogP contribution >= 0.6 is 12.2 Å². The topological polar surface area (TPSA) is 54.9 Å². The highest BCUT2D eigenvalue weighted by Crippen LogP contribution is 2.21. The Labute approximate surface area is 109 Å². The van der Waals surface area contributed by atoms with Crippen molar-refractivity contribution in [3.8, 4) is 0 Å². The van der Waals surface area contributed by atoms with E-state index in [-0.39, 0.29) is 17.6 Å². The van der Waals surface area contributed by atoms with E-state index in [9.17, 15) is 12.8 Å². The molecule has 0 aliphatic heterocycles. The molecule has 0 saturated carbocycles. The molecule has 1 atom stereocenters. The lowest BCUT2D eigenvalue weighted by Gasteiger charge is -2.13. The first-order valence-corrected chi connectivity index (χ1v) is 7.82. The van der Waals surface area contributed by atoms with Crippen LogP contribution in [0.1, 0.15) is 13.0 Å². The summed E-state index contributed by atoms with van der Waals surface area (Å²) in [5.41, 5.74) is 1.28. The Bertz CT molecular complexity index is 746. The molecule has 98 valence electrons. The fourth-order valence-electron chi connectivity index (χ4n) is 2.04. The van der Waals surface area contributed by atoms with Crippen molar-refractivity contribution in [3.63, 3.8) is 0 Å². The fraction of sp³-hybridized carbons (Fsp3) is 0.364. The van der Waals surface area contributed by atoms with Gasteiger partial charge in [0.2, 0.25) is 0 Å². The number of sulfone groups is 1. The van der Waals surface area contributed by atoms with E-state index in [0.717, 1.165) is 0 Å². The normalized spacial score (nSPS) is 13.9. The van der Waals surface area contributed by atoms with Gasteiger partial charge < -0.3 is 9.55 Å². The molecule has 2 rings (SSSR count). The van der Waals surface area contributed by atoms with Gasteiger partial charge >= 0.3 is 0 Å². The first kappa shape index (κ1) is 13.2. The maximum absolute atomic E-state index is 13.2. The number of aromatic amines is 1. The predicted molar refractivity (Wildman–Crippen MR) is 71.5 cm³/mol. The van der Waals surface area contributed by atoms with Crippen LogP contribution in [-0.4, -0.2) is 30.0 Å². The second-order valence-electron chi connectivity index (χ2n) is 4.40. The number of aromatic nitrogens is 2. The van der Waals surface area contributed by atoms with Gasteiger partial charge in [-0.3, -0.25) is 0 Å². The van der Waals surface area contributed by atoms with Crippen LogP contribution in [0.25, 0.3) is 11.0 Å². The average molecular weight is 288 g/mol. The van der Waals surface area contributed by atoms with Crippen LogP contribution in [-0.2, 0) is 9.84 Å². The smallest absolute Gasteiger partial charge is 0.178 e. The molecule has 1 unspecified atom stereocenters. The van der Waals surface area contributed by atoms with Crippen LogP contribution in [0.3, 0.4) is 0 Å². The summed E-state index contributed by atoms with van der Waals surface area (Å²) in [5.74, 6) is -0.415. The Morgan fingerprint density at radius 2 is 2.17 bits per heavy atom. The van der Waals surface area contributed by atoms with E-state index >= 15 is 0 Å². The Kier molecular flexibility index (Phi) is 3.29. The van der Waals surface area contributed by atoms with Crippen molar-refractivity contribution in [1.29, 1.82) is 0 Å². The average Bonchev–Trinajstić information content (AvgIpc) is 2.50. The maximum atomic E-state index is 13.2. The number of rotatable bonds is 3. The molecule has 0 aliphatic rings. The van der Waals surface area contributed by atoms with E-state index in [1.165, 1.54) is 18.4 Å². The summed E-state index contributed by atoms with van der Waals surface area (Å²) in [4.78, 5) is 2.94. The van der Waals surface area contributed by atoms with Gasteiger partial charge in [0.25, 0.3) is 0 Å². The molecular formula is C11H13FN2O2S2. The van der Waals surface area contributed by atoms with Gasteiger partial charge in [0, 0.05) is 12.3 Å². The van der Waals surface area contributed by atoms with E-state index in [1.54, 1.807) is 17.6 Å². The van der Waals surface area contributed by atoms with Gasteiger partial charge in [-0.05, 0) is 37.3 Å². The third-order valence-electron chi connectivity index (χ3n) is 2.66. The van der Waals surface area contributed by atoms with E-state index < -0.39 is 9.84 Å². The van der Waals surface area contributed by atoms with Crippen molar-refractivity contribution in [1.82, 2.24) is 9.55 Å². The molecule has 4 nitrogen and oxygen atoms in total. The van der Waals surface area contributed by atoms with Crippen molar-refractivity contribution in [2.24, 2.45) is 0 Å². The third kappa shape index (κ3) is 2.62. The second-order valence-corrected chi connectivity index (χ2v) is 6.97. The first-order valence-electron chi connectivity index (χ1n) is 5.35. The highest BCUT2D eigenvalue weighted by atomic mass is 32.2. The summed E-state index contributed by atoms with van der Waals surface area (Å²) in [6.07, 6.45) is 1.17. The van der Waals surface area contributed by atoms with Crippen molar-refractivity contribution in [2.45, 2.75) is 13.0 Å². The second kappa shape index (κ2) is 4.47. The minimum Gasteiger partial charge on any atom is -0.331 e. The van der Waals surface area contributed by atoms with Gasteiger partial charge in [0.1, 0.15) is 15.7 Å². The Morgan fingerprint density at radius 3 is 2.78 bits per heavy atom. The van der Waals surface area contributed by atoms with Crippen LogP contribution in [0, 0.1) is 10.6 Å². The Hall–Kier alpha value is -1.21. The molecular weight excluding hydrogens is 275 g/mol. The molecule has 0 fully saturated rings. The van der Waals surface area contributed by atoms with E-state index in [0.29, 0.717) is 15.8 Å². The number of benzene rings is 1. The van der Waals surface area contributed by atoms with Crippen LogP contribution in [0.2, 0.25) is 0 Å². The highest BCUT2D eigenvalue weighted by Gasteiger charge is 2.16. The first-order chi connectivity index (χ1) is 8.28. The van der Waals surface area contributed by atoms with Crippen molar-refractivity contribution < 1.29 is 12.8 Å². The zero-order chi connectivity index (χ0) is 13.5. The van der Waals surface area contributed by atoms with Crippen molar-refractivity contribution >= 4 is 33.1 Å². The molecule has 18 heavy (non-hydrogen) atoms. The van der Waals surface area contributed by atoms with Crippen LogP contribution in [0.5, 0.6) is 0 Å². The number of nitrogens with one attached hydrogen (secondary N) is 1. The monoisotopic (exact) mass is 288 g/mol. The number of hydrogen-bond donors (Lipinski definition) is 1. The quantitative estimate of drug-likeness (QED) is 0.883. The lowest BCUT2D eigenvalue weighted by atomic mass is 10.3. The molecule has 1 aromatic carbocycles. The number of hydrogen-bond acceptors (Lipinski definition) is 3. The zero-order valence-electron chi connectivity index (χ0n) is 9.97. The molecule has 7 heteroatoms. The summed E-state index contributed by atoms with van der Waals surface area (Å²) in [6.45, 7) is 1.75. The van der Waals surface area contributed by atoms with E-state index in [4.69, 9.17) is 12.2 Å². The van der Waals surface area contributed by atoms with Gasteiger partial charge in [-0.1, -0.05) is 0 Å². The zero-order valence-corrected chi connectivity index (χ0v) is 11.6. The summed E-state index contributed by atoms with van der Waals surface area (Å²) < 4.78 is 37.9. The molecule has 1 N–H and O–H groups in total. The minimum absolute atomic E-state index is 0.0369.